The molecule has 3 rings (SSSR count). The minimum atomic E-state index is -0.792. The van der Waals surface area contributed by atoms with E-state index < -0.39 is 5.60 Å². The average Bonchev–Trinajstić information content (AvgIpc) is 2.83. The molecule has 0 aliphatic carbocycles. The number of hydrogen-bond donors (Lipinski definition) is 2. The van der Waals surface area contributed by atoms with E-state index in [1.165, 1.54) is 12.0 Å². The third kappa shape index (κ3) is 1.86. The van der Waals surface area contributed by atoms with Gasteiger partial charge in [0, 0.05) is 6.04 Å². The van der Waals surface area contributed by atoms with E-state index in [2.05, 4.69) is 16.7 Å². The van der Waals surface area contributed by atoms with Crippen molar-refractivity contribution in [2.45, 2.75) is 38.3 Å². The van der Waals surface area contributed by atoms with Crippen LogP contribution in [0, 0.1) is 0 Å². The summed E-state index contributed by atoms with van der Waals surface area (Å²) in [7, 11) is 0. The zero-order valence-electron chi connectivity index (χ0n) is 10.7. The van der Waals surface area contributed by atoms with E-state index in [4.69, 9.17) is 4.74 Å². The molecule has 1 atom stereocenters. The predicted molar refractivity (Wildman–Crippen MR) is 69.8 cm³/mol. The Hall–Kier alpha value is -1.55. The third-order valence-electron chi connectivity index (χ3n) is 3.63. The molecule has 4 heteroatoms. The van der Waals surface area contributed by atoms with Crippen molar-refractivity contribution >= 4 is 11.6 Å². The zero-order valence-corrected chi connectivity index (χ0v) is 10.7. The van der Waals surface area contributed by atoms with E-state index in [0.29, 0.717) is 6.04 Å². The number of carbonyl (C=O) groups is 1. The molecule has 1 amide bonds. The minimum Gasteiger partial charge on any atom is -0.476 e. The molecule has 1 unspecified atom stereocenters. The van der Waals surface area contributed by atoms with Crippen LogP contribution in [0.3, 0.4) is 0 Å². The highest BCUT2D eigenvalue weighted by atomic mass is 16.5. The first kappa shape index (κ1) is 11.5. The van der Waals surface area contributed by atoms with Crippen LogP contribution in [0.15, 0.2) is 18.2 Å². The van der Waals surface area contributed by atoms with Gasteiger partial charge >= 0.3 is 0 Å². The fourth-order valence-electron chi connectivity index (χ4n) is 2.51. The molecular weight excluding hydrogens is 228 g/mol. The van der Waals surface area contributed by atoms with Crippen LogP contribution in [0.4, 0.5) is 5.69 Å². The Morgan fingerprint density at radius 1 is 1.39 bits per heavy atom. The summed E-state index contributed by atoms with van der Waals surface area (Å²) in [6.45, 7) is 4.62. The van der Waals surface area contributed by atoms with E-state index in [0.717, 1.165) is 24.4 Å². The highest BCUT2D eigenvalue weighted by molar-refractivity contribution is 6.00. The standard InChI is InChI=1S/C14H18N2O2/c1-14(2)13(17)16-11-8-9(5-6-12(11)18-14)10-4-3-7-15-10/h5-6,8,10,15H,3-4,7H2,1-2H3,(H,16,17). The van der Waals surface area contributed by atoms with E-state index in [1.54, 1.807) is 13.8 Å². The van der Waals surface area contributed by atoms with Crippen LogP contribution >= 0.6 is 0 Å². The summed E-state index contributed by atoms with van der Waals surface area (Å²) < 4.78 is 5.72. The molecule has 2 heterocycles. The topological polar surface area (TPSA) is 50.4 Å². The van der Waals surface area contributed by atoms with Crippen molar-refractivity contribution in [3.63, 3.8) is 0 Å². The number of anilines is 1. The van der Waals surface area contributed by atoms with E-state index in [1.807, 2.05) is 12.1 Å². The summed E-state index contributed by atoms with van der Waals surface area (Å²) in [5.74, 6) is 0.660. The Morgan fingerprint density at radius 2 is 2.22 bits per heavy atom. The maximum absolute atomic E-state index is 11.9. The van der Waals surface area contributed by atoms with Crippen LogP contribution in [-0.4, -0.2) is 18.1 Å². The van der Waals surface area contributed by atoms with Crippen LogP contribution in [0.25, 0.3) is 0 Å². The number of fused-ring (bicyclic) bond motifs is 1. The molecule has 0 aromatic heterocycles. The number of hydrogen-bond acceptors (Lipinski definition) is 3. The normalized spacial score (nSPS) is 25.2. The van der Waals surface area contributed by atoms with Gasteiger partial charge in [0.2, 0.25) is 0 Å². The van der Waals surface area contributed by atoms with E-state index in [9.17, 15) is 4.79 Å². The molecule has 1 aromatic rings. The fraction of sp³-hybridized carbons (Fsp3) is 0.500. The maximum Gasteiger partial charge on any atom is 0.268 e. The van der Waals surface area contributed by atoms with Crippen LogP contribution in [0.1, 0.15) is 38.3 Å². The number of amides is 1. The number of rotatable bonds is 1. The molecule has 0 bridgehead atoms. The molecule has 0 spiro atoms. The quantitative estimate of drug-likeness (QED) is 0.799. The van der Waals surface area contributed by atoms with Gasteiger partial charge in [-0.15, -0.1) is 0 Å². The van der Waals surface area contributed by atoms with E-state index in [-0.39, 0.29) is 5.91 Å². The van der Waals surface area contributed by atoms with Gasteiger partial charge in [-0.25, -0.2) is 0 Å². The van der Waals surface area contributed by atoms with Crippen molar-refractivity contribution in [3.8, 4) is 5.75 Å². The molecule has 18 heavy (non-hydrogen) atoms. The molecule has 2 N–H and O–H groups in total. The molecule has 0 radical (unpaired) electrons. The summed E-state index contributed by atoms with van der Waals surface area (Å²) in [5, 5.41) is 6.38. The van der Waals surface area contributed by atoms with Gasteiger partial charge in [0.15, 0.2) is 5.60 Å². The highest BCUT2D eigenvalue weighted by Crippen LogP contribution is 2.36. The Kier molecular flexibility index (Phi) is 2.55. The van der Waals surface area contributed by atoms with Crippen molar-refractivity contribution in [2.75, 3.05) is 11.9 Å². The van der Waals surface area contributed by atoms with Crippen LogP contribution < -0.4 is 15.4 Å². The van der Waals surface area contributed by atoms with Gasteiger partial charge < -0.3 is 15.4 Å². The summed E-state index contributed by atoms with van der Waals surface area (Å²) in [5.41, 5.74) is 1.21. The van der Waals surface area contributed by atoms with Crippen molar-refractivity contribution in [2.24, 2.45) is 0 Å². The lowest BCUT2D eigenvalue weighted by atomic mass is 10.0. The summed E-state index contributed by atoms with van der Waals surface area (Å²) in [6, 6.07) is 6.45. The van der Waals surface area contributed by atoms with Crippen LogP contribution in [0.5, 0.6) is 5.75 Å². The second kappa shape index (κ2) is 3.99. The molecule has 1 aromatic carbocycles. The van der Waals surface area contributed by atoms with Gasteiger partial charge in [0.05, 0.1) is 5.69 Å². The lowest BCUT2D eigenvalue weighted by Crippen LogP contribution is -2.45. The van der Waals surface area contributed by atoms with Gasteiger partial charge in [-0.2, -0.15) is 0 Å². The monoisotopic (exact) mass is 246 g/mol. The lowest BCUT2D eigenvalue weighted by Gasteiger charge is -2.32. The summed E-state index contributed by atoms with van der Waals surface area (Å²) >= 11 is 0. The largest absolute Gasteiger partial charge is 0.476 e. The first-order valence-electron chi connectivity index (χ1n) is 6.44. The predicted octanol–water partition coefficient (Wildman–Crippen LogP) is 2.22. The Labute approximate surface area is 107 Å². The van der Waals surface area contributed by atoms with Gasteiger partial charge in [-0.1, -0.05) is 6.07 Å². The lowest BCUT2D eigenvalue weighted by molar-refractivity contribution is -0.129. The molecule has 2 aliphatic rings. The second-order valence-corrected chi connectivity index (χ2v) is 5.47. The maximum atomic E-state index is 11.9. The smallest absolute Gasteiger partial charge is 0.268 e. The molecule has 1 fully saturated rings. The fourth-order valence-corrected chi connectivity index (χ4v) is 2.51. The van der Waals surface area contributed by atoms with Gasteiger partial charge in [-0.05, 0) is 50.9 Å². The van der Waals surface area contributed by atoms with Gasteiger partial charge in [0.1, 0.15) is 5.75 Å². The number of ether oxygens (including phenoxy) is 1. The average molecular weight is 246 g/mol. The van der Waals surface area contributed by atoms with Crippen molar-refractivity contribution in [3.05, 3.63) is 23.8 Å². The second-order valence-electron chi connectivity index (χ2n) is 5.47. The van der Waals surface area contributed by atoms with Crippen molar-refractivity contribution in [1.82, 2.24) is 5.32 Å². The highest BCUT2D eigenvalue weighted by Gasteiger charge is 2.35. The Bertz CT molecular complexity index is 491. The SMILES string of the molecule is CC1(C)Oc2ccc(C3CCCN3)cc2NC1=O. The van der Waals surface area contributed by atoms with Gasteiger partial charge in [-0.3, -0.25) is 4.79 Å². The first-order valence-corrected chi connectivity index (χ1v) is 6.44. The molecule has 2 aliphatic heterocycles. The zero-order chi connectivity index (χ0) is 12.8. The number of nitrogens with one attached hydrogen (secondary N) is 2. The Balaban J connectivity index is 1.92. The van der Waals surface area contributed by atoms with Crippen molar-refractivity contribution in [1.29, 1.82) is 0 Å². The summed E-state index contributed by atoms with van der Waals surface area (Å²) in [4.78, 5) is 11.9. The molecule has 96 valence electrons. The van der Waals surface area contributed by atoms with E-state index >= 15 is 0 Å². The molecular formula is C14H18N2O2. The summed E-state index contributed by atoms with van der Waals surface area (Å²) in [6.07, 6.45) is 2.36. The number of carbonyl (C=O) groups excluding carboxylic acids is 1. The number of benzene rings is 1. The molecule has 4 nitrogen and oxygen atoms in total. The van der Waals surface area contributed by atoms with Gasteiger partial charge in [0.25, 0.3) is 5.91 Å². The molecule has 0 saturated carbocycles. The molecule has 1 saturated heterocycles. The Morgan fingerprint density at radius 3 is 2.94 bits per heavy atom. The first-order chi connectivity index (χ1) is 8.56. The third-order valence-corrected chi connectivity index (χ3v) is 3.63. The minimum absolute atomic E-state index is 0.0912. The van der Waals surface area contributed by atoms with Crippen LogP contribution in [0.2, 0.25) is 0 Å². The van der Waals surface area contributed by atoms with Crippen LogP contribution in [-0.2, 0) is 4.79 Å². The van der Waals surface area contributed by atoms with Crippen molar-refractivity contribution < 1.29 is 9.53 Å².